The van der Waals surface area contributed by atoms with E-state index in [1.54, 1.807) is 6.20 Å². The second-order valence-electron chi connectivity index (χ2n) is 7.12. The van der Waals surface area contributed by atoms with E-state index >= 15 is 0 Å². The summed E-state index contributed by atoms with van der Waals surface area (Å²) in [5.74, 6) is 3.75. The third kappa shape index (κ3) is 3.37. The molecule has 3 heterocycles. The molecule has 4 rings (SSSR count). The van der Waals surface area contributed by atoms with E-state index in [4.69, 9.17) is 8.83 Å². The first-order valence-corrected chi connectivity index (χ1v) is 8.83. The van der Waals surface area contributed by atoms with Gasteiger partial charge in [-0.05, 0) is 33.2 Å². The lowest BCUT2D eigenvalue weighted by molar-refractivity contribution is 0.198. The molecule has 130 valence electrons. The Hall–Kier alpha value is -1.73. The van der Waals surface area contributed by atoms with Crippen LogP contribution in [0.2, 0.25) is 0 Å². The highest BCUT2D eigenvalue weighted by molar-refractivity contribution is 4.97. The van der Waals surface area contributed by atoms with Crippen molar-refractivity contribution in [1.29, 1.82) is 0 Å². The maximum absolute atomic E-state index is 5.84. The summed E-state index contributed by atoms with van der Waals surface area (Å²) in [6.07, 6.45) is 6.59. The van der Waals surface area contributed by atoms with Crippen molar-refractivity contribution >= 4 is 0 Å². The normalized spacial score (nSPS) is 22.4. The van der Waals surface area contributed by atoms with Gasteiger partial charge in [-0.3, -0.25) is 9.80 Å². The zero-order valence-electron chi connectivity index (χ0n) is 14.4. The first kappa shape index (κ1) is 15.8. The molecule has 0 radical (unpaired) electrons. The number of nitrogens with zero attached hydrogens (tertiary/aromatic N) is 5. The molecular formula is C17H25N5O2. The van der Waals surface area contributed by atoms with Crippen molar-refractivity contribution in [2.75, 3.05) is 20.1 Å². The van der Waals surface area contributed by atoms with Crippen LogP contribution in [0.5, 0.6) is 0 Å². The molecule has 0 aromatic carbocycles. The SMILES string of the molecule is Cc1cnc(CN(C)C2CCN(Cc3nnc(C4CCC4)o3)C2)o1. The highest BCUT2D eigenvalue weighted by atomic mass is 16.4. The number of aromatic nitrogens is 3. The number of rotatable bonds is 6. The molecule has 2 aliphatic rings. The highest BCUT2D eigenvalue weighted by Crippen LogP contribution is 2.35. The number of likely N-dealkylation sites (tertiary alicyclic amines) is 1. The number of hydrogen-bond donors (Lipinski definition) is 0. The standard InChI is InChI=1S/C17H25N5O2/c1-12-8-18-15(23-12)10-21(2)14-6-7-22(9-14)11-16-19-20-17(24-16)13-4-3-5-13/h8,13-14H,3-7,9-11H2,1-2H3. The molecule has 24 heavy (non-hydrogen) atoms. The number of oxazole rings is 1. The first-order valence-electron chi connectivity index (χ1n) is 8.83. The van der Waals surface area contributed by atoms with Crippen LogP contribution >= 0.6 is 0 Å². The van der Waals surface area contributed by atoms with Gasteiger partial charge in [0.05, 0.1) is 19.3 Å². The van der Waals surface area contributed by atoms with Crippen molar-refractivity contribution < 1.29 is 8.83 Å². The monoisotopic (exact) mass is 331 g/mol. The van der Waals surface area contributed by atoms with E-state index < -0.39 is 0 Å². The molecule has 7 nitrogen and oxygen atoms in total. The average Bonchev–Trinajstić information content (AvgIpc) is 3.20. The average molecular weight is 331 g/mol. The minimum atomic E-state index is 0.506. The molecule has 2 aromatic rings. The molecule has 0 amide bonds. The molecule has 1 atom stereocenters. The van der Waals surface area contributed by atoms with Gasteiger partial charge in [0.25, 0.3) is 0 Å². The fourth-order valence-electron chi connectivity index (χ4n) is 3.47. The molecular weight excluding hydrogens is 306 g/mol. The molecule has 1 saturated heterocycles. The van der Waals surface area contributed by atoms with Crippen LogP contribution in [0.3, 0.4) is 0 Å². The lowest BCUT2D eigenvalue weighted by Gasteiger charge is -2.23. The van der Waals surface area contributed by atoms with E-state index in [9.17, 15) is 0 Å². The van der Waals surface area contributed by atoms with E-state index in [1.807, 2.05) is 6.92 Å². The minimum absolute atomic E-state index is 0.506. The Bertz CT molecular complexity index is 678. The Labute approximate surface area is 142 Å². The molecule has 1 saturated carbocycles. The van der Waals surface area contributed by atoms with Crippen molar-refractivity contribution in [3.05, 3.63) is 29.6 Å². The van der Waals surface area contributed by atoms with Crippen LogP contribution in [0, 0.1) is 6.92 Å². The van der Waals surface area contributed by atoms with E-state index in [0.717, 1.165) is 56.0 Å². The molecule has 7 heteroatoms. The third-order valence-electron chi connectivity index (χ3n) is 5.22. The maximum Gasteiger partial charge on any atom is 0.230 e. The Kier molecular flexibility index (Phi) is 4.37. The highest BCUT2D eigenvalue weighted by Gasteiger charge is 2.29. The second-order valence-corrected chi connectivity index (χ2v) is 7.12. The number of aryl methyl sites for hydroxylation is 1. The fraction of sp³-hybridized carbons (Fsp3) is 0.706. The van der Waals surface area contributed by atoms with E-state index in [0.29, 0.717) is 12.0 Å². The summed E-state index contributed by atoms with van der Waals surface area (Å²) in [5.41, 5.74) is 0. The summed E-state index contributed by atoms with van der Waals surface area (Å²) in [7, 11) is 2.13. The largest absolute Gasteiger partial charge is 0.445 e. The fourth-order valence-corrected chi connectivity index (χ4v) is 3.47. The molecule has 0 bridgehead atoms. The van der Waals surface area contributed by atoms with Crippen molar-refractivity contribution in [2.45, 2.75) is 57.7 Å². The lowest BCUT2D eigenvalue weighted by Crippen LogP contribution is -2.34. The van der Waals surface area contributed by atoms with Gasteiger partial charge < -0.3 is 8.83 Å². The van der Waals surface area contributed by atoms with Crippen LogP contribution in [0.15, 0.2) is 15.0 Å². The summed E-state index contributed by atoms with van der Waals surface area (Å²) < 4.78 is 11.4. The van der Waals surface area contributed by atoms with Gasteiger partial charge in [-0.2, -0.15) is 0 Å². The van der Waals surface area contributed by atoms with Gasteiger partial charge in [0, 0.05) is 25.0 Å². The first-order chi connectivity index (χ1) is 11.7. The van der Waals surface area contributed by atoms with Gasteiger partial charge >= 0.3 is 0 Å². The van der Waals surface area contributed by atoms with Gasteiger partial charge in [0.1, 0.15) is 5.76 Å². The number of hydrogen-bond acceptors (Lipinski definition) is 7. The van der Waals surface area contributed by atoms with Crippen molar-refractivity contribution in [3.63, 3.8) is 0 Å². The molecule has 2 aromatic heterocycles. The van der Waals surface area contributed by atoms with E-state index in [2.05, 4.69) is 32.0 Å². The summed E-state index contributed by atoms with van der Waals surface area (Å²) in [6, 6.07) is 0.506. The van der Waals surface area contributed by atoms with Gasteiger partial charge in [0.15, 0.2) is 0 Å². The minimum Gasteiger partial charge on any atom is -0.445 e. The Morgan fingerprint density at radius 3 is 2.79 bits per heavy atom. The second kappa shape index (κ2) is 6.64. The molecule has 1 unspecified atom stereocenters. The van der Waals surface area contributed by atoms with Gasteiger partial charge in [-0.1, -0.05) is 6.42 Å². The van der Waals surface area contributed by atoms with Crippen LogP contribution in [0.1, 0.15) is 55.0 Å². The van der Waals surface area contributed by atoms with Gasteiger partial charge in [-0.25, -0.2) is 4.98 Å². The van der Waals surface area contributed by atoms with Crippen LogP contribution in [-0.2, 0) is 13.1 Å². The van der Waals surface area contributed by atoms with Crippen molar-refractivity contribution in [3.8, 4) is 0 Å². The van der Waals surface area contributed by atoms with Gasteiger partial charge in [0.2, 0.25) is 17.7 Å². The Morgan fingerprint density at radius 2 is 2.08 bits per heavy atom. The third-order valence-corrected chi connectivity index (χ3v) is 5.22. The van der Waals surface area contributed by atoms with Gasteiger partial charge in [-0.15, -0.1) is 10.2 Å². The predicted molar refractivity (Wildman–Crippen MR) is 87.3 cm³/mol. The van der Waals surface area contributed by atoms with Crippen molar-refractivity contribution in [1.82, 2.24) is 25.0 Å². The lowest BCUT2D eigenvalue weighted by atomic mass is 9.85. The summed E-state index contributed by atoms with van der Waals surface area (Å²) >= 11 is 0. The van der Waals surface area contributed by atoms with Crippen molar-refractivity contribution in [2.24, 2.45) is 0 Å². The quantitative estimate of drug-likeness (QED) is 0.804. The molecule has 1 aliphatic carbocycles. The summed E-state index contributed by atoms with van der Waals surface area (Å²) in [4.78, 5) is 9.00. The van der Waals surface area contributed by atoms with Crippen LogP contribution in [-0.4, -0.2) is 51.2 Å². The Morgan fingerprint density at radius 1 is 1.21 bits per heavy atom. The molecule has 2 fully saturated rings. The van der Waals surface area contributed by atoms with Crippen LogP contribution < -0.4 is 0 Å². The molecule has 1 aliphatic heterocycles. The smallest absolute Gasteiger partial charge is 0.230 e. The zero-order valence-corrected chi connectivity index (χ0v) is 14.4. The molecule has 0 spiro atoms. The summed E-state index contributed by atoms with van der Waals surface area (Å²) in [5, 5.41) is 8.44. The number of likely N-dealkylation sites (N-methyl/N-ethyl adjacent to an activating group) is 1. The maximum atomic E-state index is 5.84. The van der Waals surface area contributed by atoms with Crippen LogP contribution in [0.4, 0.5) is 0 Å². The summed E-state index contributed by atoms with van der Waals surface area (Å²) in [6.45, 7) is 5.50. The van der Waals surface area contributed by atoms with Crippen LogP contribution in [0.25, 0.3) is 0 Å². The topological polar surface area (TPSA) is 71.4 Å². The molecule has 0 N–H and O–H groups in total. The Balaban J connectivity index is 1.28. The van der Waals surface area contributed by atoms with E-state index in [-0.39, 0.29) is 0 Å². The predicted octanol–water partition coefficient (Wildman–Crippen LogP) is 2.34. The zero-order chi connectivity index (χ0) is 16.5. The van der Waals surface area contributed by atoms with E-state index in [1.165, 1.54) is 19.3 Å².